The molecule has 0 amide bonds. The maximum atomic E-state index is 10.3. The Hall–Kier alpha value is -1.33. The van der Waals surface area contributed by atoms with Gasteiger partial charge in [0.2, 0.25) is 0 Å². The summed E-state index contributed by atoms with van der Waals surface area (Å²) in [7, 11) is 0. The summed E-state index contributed by atoms with van der Waals surface area (Å²) in [6.45, 7) is 0. The predicted octanol–water partition coefficient (Wildman–Crippen LogP) is 1.82. The average Bonchev–Trinajstić information content (AvgIpc) is 2.57. The number of hydrogen-bond acceptors (Lipinski definition) is 3. The SMILES string of the molecule is Cl.Cl.O=C(O)CCc1nc2ncccc2[nH]1. The monoisotopic (exact) mass is 263 g/mol. The molecule has 0 spiro atoms. The molecule has 0 atom stereocenters. The number of aromatic nitrogens is 3. The van der Waals surface area contributed by atoms with Gasteiger partial charge in [-0.15, -0.1) is 24.8 Å². The van der Waals surface area contributed by atoms with E-state index in [2.05, 4.69) is 15.0 Å². The van der Waals surface area contributed by atoms with Crippen LogP contribution in [0.25, 0.3) is 11.2 Å². The topological polar surface area (TPSA) is 78.9 Å². The molecule has 0 radical (unpaired) electrons. The smallest absolute Gasteiger partial charge is 0.303 e. The first-order chi connectivity index (χ1) is 6.75. The van der Waals surface area contributed by atoms with Crippen LogP contribution in [-0.4, -0.2) is 26.0 Å². The van der Waals surface area contributed by atoms with Crippen molar-refractivity contribution >= 4 is 41.9 Å². The van der Waals surface area contributed by atoms with Crippen molar-refractivity contribution in [3.63, 3.8) is 0 Å². The Labute approximate surface area is 104 Å². The van der Waals surface area contributed by atoms with Crippen molar-refractivity contribution in [2.45, 2.75) is 12.8 Å². The van der Waals surface area contributed by atoms with E-state index < -0.39 is 5.97 Å². The van der Waals surface area contributed by atoms with Crippen molar-refractivity contribution in [1.82, 2.24) is 15.0 Å². The highest BCUT2D eigenvalue weighted by Gasteiger charge is 2.04. The molecule has 2 heterocycles. The number of hydrogen-bond donors (Lipinski definition) is 2. The molecule has 16 heavy (non-hydrogen) atoms. The molecular formula is C9H11Cl2N3O2. The van der Waals surface area contributed by atoms with Crippen LogP contribution in [0.15, 0.2) is 18.3 Å². The molecule has 2 aromatic heterocycles. The molecule has 7 heteroatoms. The van der Waals surface area contributed by atoms with Crippen LogP contribution in [-0.2, 0) is 11.2 Å². The summed E-state index contributed by atoms with van der Waals surface area (Å²) in [5.74, 6) is -0.153. The second-order valence-electron chi connectivity index (χ2n) is 2.95. The lowest BCUT2D eigenvalue weighted by atomic mass is 10.3. The van der Waals surface area contributed by atoms with Crippen LogP contribution in [0.4, 0.5) is 0 Å². The average molecular weight is 264 g/mol. The minimum Gasteiger partial charge on any atom is -0.481 e. The first-order valence-electron chi connectivity index (χ1n) is 4.27. The van der Waals surface area contributed by atoms with Gasteiger partial charge in [-0.2, -0.15) is 0 Å². The van der Waals surface area contributed by atoms with Crippen LogP contribution in [0.1, 0.15) is 12.2 Å². The second kappa shape index (κ2) is 6.30. The molecular weight excluding hydrogens is 253 g/mol. The number of aromatic amines is 1. The fraction of sp³-hybridized carbons (Fsp3) is 0.222. The Balaban J connectivity index is 0.00000112. The molecule has 0 aliphatic heterocycles. The summed E-state index contributed by atoms with van der Waals surface area (Å²) in [4.78, 5) is 21.5. The van der Waals surface area contributed by atoms with Gasteiger partial charge in [0, 0.05) is 12.6 Å². The van der Waals surface area contributed by atoms with Crippen LogP contribution in [0, 0.1) is 0 Å². The highest BCUT2D eigenvalue weighted by molar-refractivity contribution is 5.85. The molecule has 0 aliphatic carbocycles. The summed E-state index contributed by atoms with van der Waals surface area (Å²) in [5, 5.41) is 8.49. The van der Waals surface area contributed by atoms with Gasteiger partial charge in [0.15, 0.2) is 5.65 Å². The largest absolute Gasteiger partial charge is 0.481 e. The molecule has 0 bridgehead atoms. The Morgan fingerprint density at radius 3 is 2.81 bits per heavy atom. The van der Waals surface area contributed by atoms with Gasteiger partial charge in [-0.3, -0.25) is 4.79 Å². The van der Waals surface area contributed by atoms with E-state index in [4.69, 9.17) is 5.11 Å². The second-order valence-corrected chi connectivity index (χ2v) is 2.95. The molecule has 5 nitrogen and oxygen atoms in total. The summed E-state index contributed by atoms with van der Waals surface area (Å²) in [6, 6.07) is 3.67. The fourth-order valence-corrected chi connectivity index (χ4v) is 1.24. The molecule has 2 aromatic rings. The molecule has 0 saturated heterocycles. The van der Waals surface area contributed by atoms with Gasteiger partial charge in [0.05, 0.1) is 11.9 Å². The molecule has 0 fully saturated rings. The minimum atomic E-state index is -0.821. The van der Waals surface area contributed by atoms with Crippen molar-refractivity contribution in [1.29, 1.82) is 0 Å². The van der Waals surface area contributed by atoms with Crippen molar-refractivity contribution < 1.29 is 9.90 Å². The van der Waals surface area contributed by atoms with Crippen LogP contribution in [0.5, 0.6) is 0 Å². The number of fused-ring (bicyclic) bond motifs is 1. The van der Waals surface area contributed by atoms with E-state index in [-0.39, 0.29) is 31.2 Å². The van der Waals surface area contributed by atoms with E-state index >= 15 is 0 Å². The highest BCUT2D eigenvalue weighted by atomic mass is 35.5. The van der Waals surface area contributed by atoms with Gasteiger partial charge < -0.3 is 10.1 Å². The lowest BCUT2D eigenvalue weighted by Crippen LogP contribution is -1.98. The third-order valence-electron chi connectivity index (χ3n) is 1.88. The van der Waals surface area contributed by atoms with Gasteiger partial charge in [-0.25, -0.2) is 9.97 Å². The number of nitrogens with zero attached hydrogens (tertiary/aromatic N) is 2. The van der Waals surface area contributed by atoms with Crippen LogP contribution < -0.4 is 0 Å². The molecule has 0 aromatic carbocycles. The number of imidazole rings is 1. The first-order valence-corrected chi connectivity index (χ1v) is 4.27. The first kappa shape index (κ1) is 14.7. The summed E-state index contributed by atoms with van der Waals surface area (Å²) in [5.41, 5.74) is 1.47. The van der Waals surface area contributed by atoms with E-state index in [1.54, 1.807) is 6.20 Å². The number of carboxylic acid groups (broad SMARTS) is 1. The molecule has 0 saturated carbocycles. The summed E-state index contributed by atoms with van der Waals surface area (Å²) >= 11 is 0. The third kappa shape index (κ3) is 3.36. The standard InChI is InChI=1S/C9H9N3O2.2ClH/c13-8(14)4-3-7-11-6-2-1-5-10-9(6)12-7;;/h1-2,5H,3-4H2,(H,13,14)(H,10,11,12);2*1H. The number of rotatable bonds is 3. The number of carbonyl (C=O) groups is 1. The molecule has 0 aliphatic rings. The Morgan fingerprint density at radius 1 is 1.44 bits per heavy atom. The zero-order valence-corrected chi connectivity index (χ0v) is 9.85. The predicted molar refractivity (Wildman–Crippen MR) is 64.3 cm³/mol. The normalized spacial score (nSPS) is 9.25. The van der Waals surface area contributed by atoms with E-state index in [1.807, 2.05) is 12.1 Å². The van der Waals surface area contributed by atoms with Crippen molar-refractivity contribution in [2.24, 2.45) is 0 Å². The maximum absolute atomic E-state index is 10.3. The zero-order valence-electron chi connectivity index (χ0n) is 8.21. The number of halogens is 2. The lowest BCUT2D eigenvalue weighted by Gasteiger charge is -1.89. The Bertz CT molecular complexity index is 439. The van der Waals surface area contributed by atoms with Gasteiger partial charge >= 0.3 is 5.97 Å². The third-order valence-corrected chi connectivity index (χ3v) is 1.88. The number of pyridine rings is 1. The summed E-state index contributed by atoms with van der Waals surface area (Å²) < 4.78 is 0. The quantitative estimate of drug-likeness (QED) is 0.886. The van der Waals surface area contributed by atoms with Gasteiger partial charge in [-0.05, 0) is 12.1 Å². The van der Waals surface area contributed by atoms with Crippen LogP contribution >= 0.6 is 24.8 Å². The number of carboxylic acids is 1. The highest BCUT2D eigenvalue weighted by Crippen LogP contribution is 2.08. The van der Waals surface area contributed by atoms with E-state index in [0.29, 0.717) is 17.9 Å². The van der Waals surface area contributed by atoms with Crippen molar-refractivity contribution in [3.05, 3.63) is 24.2 Å². The maximum Gasteiger partial charge on any atom is 0.303 e. The zero-order chi connectivity index (χ0) is 9.97. The molecule has 0 unspecified atom stereocenters. The Morgan fingerprint density at radius 2 is 2.19 bits per heavy atom. The van der Waals surface area contributed by atoms with Crippen molar-refractivity contribution in [2.75, 3.05) is 0 Å². The minimum absolute atomic E-state index is 0. The van der Waals surface area contributed by atoms with Crippen LogP contribution in [0.3, 0.4) is 0 Å². The number of aryl methyl sites for hydroxylation is 1. The number of nitrogens with one attached hydrogen (secondary N) is 1. The number of H-pyrrole nitrogens is 1. The van der Waals surface area contributed by atoms with Gasteiger partial charge in [0.25, 0.3) is 0 Å². The molecule has 88 valence electrons. The lowest BCUT2D eigenvalue weighted by molar-refractivity contribution is -0.137. The van der Waals surface area contributed by atoms with Gasteiger partial charge in [-0.1, -0.05) is 0 Å². The molecule has 2 N–H and O–H groups in total. The number of aliphatic carboxylic acids is 1. The van der Waals surface area contributed by atoms with Gasteiger partial charge in [0.1, 0.15) is 5.82 Å². The van der Waals surface area contributed by atoms with E-state index in [1.165, 1.54) is 0 Å². The Kier molecular flexibility index (Phi) is 5.77. The molecule has 2 rings (SSSR count). The van der Waals surface area contributed by atoms with Crippen molar-refractivity contribution in [3.8, 4) is 0 Å². The van der Waals surface area contributed by atoms with Crippen LogP contribution in [0.2, 0.25) is 0 Å². The fourth-order valence-electron chi connectivity index (χ4n) is 1.24. The van der Waals surface area contributed by atoms with E-state index in [9.17, 15) is 4.79 Å². The summed E-state index contributed by atoms with van der Waals surface area (Å²) in [6.07, 6.45) is 2.15. The van der Waals surface area contributed by atoms with E-state index in [0.717, 1.165) is 5.52 Å².